The SMILES string of the molecule is O=C1CC(=O)C(=O)C(c2c[nH]c3cccc(Cl)c23)C1=O. The molecule has 0 radical (unpaired) electrons. The fraction of sp³-hybridized carbons (Fsp3) is 0.143. The number of benzene rings is 1. The quantitative estimate of drug-likeness (QED) is 0.638. The molecule has 3 rings (SSSR count). The van der Waals surface area contributed by atoms with Gasteiger partial charge in [-0.3, -0.25) is 19.2 Å². The third-order valence-electron chi connectivity index (χ3n) is 3.39. The first-order valence-electron chi connectivity index (χ1n) is 5.90. The Morgan fingerprint density at radius 1 is 1.05 bits per heavy atom. The molecular weight excluding hydrogens is 282 g/mol. The number of halogens is 1. The molecule has 1 aliphatic rings. The Labute approximate surface area is 117 Å². The predicted molar refractivity (Wildman–Crippen MR) is 70.7 cm³/mol. The van der Waals surface area contributed by atoms with Gasteiger partial charge in [0.2, 0.25) is 23.1 Å². The van der Waals surface area contributed by atoms with Gasteiger partial charge in [-0.15, -0.1) is 0 Å². The molecule has 0 atom stereocenters. The van der Waals surface area contributed by atoms with Crippen molar-refractivity contribution in [1.29, 1.82) is 0 Å². The van der Waals surface area contributed by atoms with Crippen LogP contribution in [0.2, 0.25) is 5.02 Å². The molecule has 1 aliphatic carbocycles. The lowest BCUT2D eigenvalue weighted by Gasteiger charge is -2.17. The Morgan fingerprint density at radius 3 is 2.35 bits per heavy atom. The Hall–Kier alpha value is -2.27. The summed E-state index contributed by atoms with van der Waals surface area (Å²) in [5.41, 5.74) is 0.917. The van der Waals surface area contributed by atoms with E-state index in [-0.39, 0.29) is 5.56 Å². The van der Waals surface area contributed by atoms with Crippen molar-refractivity contribution in [3.05, 3.63) is 35.0 Å². The van der Waals surface area contributed by atoms with Crippen LogP contribution in [0.3, 0.4) is 0 Å². The zero-order valence-electron chi connectivity index (χ0n) is 10.1. The van der Waals surface area contributed by atoms with Gasteiger partial charge >= 0.3 is 0 Å². The largest absolute Gasteiger partial charge is 0.361 e. The molecule has 2 aromatic rings. The van der Waals surface area contributed by atoms with E-state index in [4.69, 9.17) is 11.6 Å². The molecule has 100 valence electrons. The van der Waals surface area contributed by atoms with Gasteiger partial charge in [-0.2, -0.15) is 0 Å². The fourth-order valence-electron chi connectivity index (χ4n) is 2.44. The van der Waals surface area contributed by atoms with Gasteiger partial charge in [0, 0.05) is 17.1 Å². The first-order valence-corrected chi connectivity index (χ1v) is 6.28. The van der Waals surface area contributed by atoms with Gasteiger partial charge in [0.15, 0.2) is 0 Å². The predicted octanol–water partition coefficient (Wildman–Crippen LogP) is 1.58. The number of aromatic nitrogens is 1. The molecule has 1 heterocycles. The molecule has 5 nitrogen and oxygen atoms in total. The van der Waals surface area contributed by atoms with E-state index in [1.54, 1.807) is 18.2 Å². The minimum absolute atomic E-state index is 0.280. The molecule has 6 heteroatoms. The Bertz CT molecular complexity index is 764. The number of hydrogen-bond donors (Lipinski definition) is 1. The average molecular weight is 290 g/mol. The van der Waals surface area contributed by atoms with Gasteiger partial charge in [-0.05, 0) is 17.7 Å². The molecule has 0 spiro atoms. The average Bonchev–Trinajstić information content (AvgIpc) is 2.82. The maximum Gasteiger partial charge on any atom is 0.214 e. The topological polar surface area (TPSA) is 84.1 Å². The van der Waals surface area contributed by atoms with E-state index in [9.17, 15) is 19.2 Å². The Morgan fingerprint density at radius 2 is 1.70 bits per heavy atom. The van der Waals surface area contributed by atoms with Gasteiger partial charge in [-0.25, -0.2) is 0 Å². The van der Waals surface area contributed by atoms with Crippen LogP contribution in [0, 0.1) is 0 Å². The zero-order chi connectivity index (χ0) is 14.4. The lowest BCUT2D eigenvalue weighted by molar-refractivity contribution is -0.149. The molecule has 1 aromatic carbocycles. The van der Waals surface area contributed by atoms with E-state index in [1.807, 2.05) is 0 Å². The van der Waals surface area contributed by atoms with Crippen LogP contribution in [0.15, 0.2) is 24.4 Å². The first kappa shape index (κ1) is 12.7. The Balaban J connectivity index is 2.23. The smallest absolute Gasteiger partial charge is 0.214 e. The number of fused-ring (bicyclic) bond motifs is 1. The number of nitrogens with one attached hydrogen (secondary N) is 1. The van der Waals surface area contributed by atoms with E-state index >= 15 is 0 Å². The second-order valence-corrected chi connectivity index (χ2v) is 5.00. The Kier molecular flexibility index (Phi) is 2.79. The maximum absolute atomic E-state index is 12.0. The number of hydrogen-bond acceptors (Lipinski definition) is 4. The van der Waals surface area contributed by atoms with Crippen molar-refractivity contribution in [1.82, 2.24) is 4.98 Å². The van der Waals surface area contributed by atoms with E-state index in [0.717, 1.165) is 0 Å². The standard InChI is InChI=1S/C14H8ClNO4/c15-7-2-1-3-8-11(7)6(5-16-8)12-13(19)9(17)4-10(18)14(12)20/h1-3,5,12,16H,4H2. The summed E-state index contributed by atoms with van der Waals surface area (Å²) in [7, 11) is 0. The summed E-state index contributed by atoms with van der Waals surface area (Å²) in [5, 5.41) is 0.841. The van der Waals surface area contributed by atoms with E-state index in [2.05, 4.69) is 4.98 Å². The molecule has 0 saturated heterocycles. The highest BCUT2D eigenvalue weighted by atomic mass is 35.5. The summed E-state index contributed by atoms with van der Waals surface area (Å²) in [5.74, 6) is -4.75. The van der Waals surface area contributed by atoms with Crippen LogP contribution >= 0.6 is 11.6 Å². The molecule has 0 unspecified atom stereocenters. The van der Waals surface area contributed by atoms with E-state index in [1.165, 1.54) is 6.20 Å². The van der Waals surface area contributed by atoms with Crippen LogP contribution in [0.1, 0.15) is 17.9 Å². The highest BCUT2D eigenvalue weighted by molar-refractivity contribution is 6.61. The minimum Gasteiger partial charge on any atom is -0.361 e. The highest BCUT2D eigenvalue weighted by Gasteiger charge is 2.43. The number of carbonyl (C=O) groups excluding carboxylic acids is 4. The number of aromatic amines is 1. The maximum atomic E-state index is 12.0. The van der Waals surface area contributed by atoms with Crippen molar-refractivity contribution < 1.29 is 19.2 Å². The van der Waals surface area contributed by atoms with Gasteiger partial charge < -0.3 is 4.98 Å². The molecule has 20 heavy (non-hydrogen) atoms. The molecule has 0 bridgehead atoms. The molecule has 1 saturated carbocycles. The molecule has 1 N–H and O–H groups in total. The van der Waals surface area contributed by atoms with Gasteiger partial charge in [-0.1, -0.05) is 17.7 Å². The lowest BCUT2D eigenvalue weighted by atomic mass is 9.80. The van der Waals surface area contributed by atoms with Crippen molar-refractivity contribution >= 4 is 45.6 Å². The summed E-state index contributed by atoms with van der Waals surface area (Å²) in [4.78, 5) is 49.8. The third kappa shape index (κ3) is 1.71. The zero-order valence-corrected chi connectivity index (χ0v) is 10.9. The minimum atomic E-state index is -1.38. The summed E-state index contributed by atoms with van der Waals surface area (Å²) in [6.45, 7) is 0. The summed E-state index contributed by atoms with van der Waals surface area (Å²) in [6, 6.07) is 5.06. The van der Waals surface area contributed by atoms with Crippen LogP contribution in [-0.2, 0) is 19.2 Å². The molecule has 0 aliphatic heterocycles. The molecular formula is C14H8ClNO4. The number of Topliss-reactive ketones (excluding diaryl/α,β-unsaturated/α-hetero) is 4. The van der Waals surface area contributed by atoms with E-state index < -0.39 is 35.5 Å². The van der Waals surface area contributed by atoms with Gasteiger partial charge in [0.05, 0.1) is 11.4 Å². The summed E-state index contributed by atoms with van der Waals surface area (Å²) in [6.07, 6.45) is 0.813. The first-order chi connectivity index (χ1) is 9.50. The number of rotatable bonds is 1. The number of H-pyrrole nitrogens is 1. The van der Waals surface area contributed by atoms with Crippen LogP contribution in [-0.4, -0.2) is 28.1 Å². The third-order valence-corrected chi connectivity index (χ3v) is 3.71. The summed E-state index contributed by atoms with van der Waals surface area (Å²) < 4.78 is 0. The number of ketones is 4. The second-order valence-electron chi connectivity index (χ2n) is 4.59. The van der Waals surface area contributed by atoms with Crippen LogP contribution in [0.25, 0.3) is 10.9 Å². The fourth-order valence-corrected chi connectivity index (χ4v) is 2.72. The molecule has 1 aromatic heterocycles. The van der Waals surface area contributed by atoms with E-state index in [0.29, 0.717) is 15.9 Å². The van der Waals surface area contributed by atoms with Crippen molar-refractivity contribution in [3.8, 4) is 0 Å². The van der Waals surface area contributed by atoms with Crippen molar-refractivity contribution in [3.63, 3.8) is 0 Å². The normalized spacial score (nSPS) is 17.2. The van der Waals surface area contributed by atoms with Crippen LogP contribution < -0.4 is 0 Å². The van der Waals surface area contributed by atoms with Crippen molar-refractivity contribution in [2.24, 2.45) is 0 Å². The summed E-state index contributed by atoms with van der Waals surface area (Å²) >= 11 is 6.08. The van der Waals surface area contributed by atoms with Gasteiger partial charge in [0.25, 0.3) is 0 Å². The van der Waals surface area contributed by atoms with Crippen LogP contribution in [0.5, 0.6) is 0 Å². The van der Waals surface area contributed by atoms with Crippen molar-refractivity contribution in [2.45, 2.75) is 12.3 Å². The second kappa shape index (κ2) is 4.38. The molecule has 1 fully saturated rings. The number of carbonyl (C=O) groups is 4. The molecule has 0 amide bonds. The van der Waals surface area contributed by atoms with Crippen molar-refractivity contribution in [2.75, 3.05) is 0 Å². The monoisotopic (exact) mass is 289 g/mol. The highest BCUT2D eigenvalue weighted by Crippen LogP contribution is 2.34. The van der Waals surface area contributed by atoms with Gasteiger partial charge in [0.1, 0.15) is 5.92 Å². The van der Waals surface area contributed by atoms with Crippen LogP contribution in [0.4, 0.5) is 0 Å². The lowest BCUT2D eigenvalue weighted by Crippen LogP contribution is -2.40.